The molecule has 1 N–H and O–H groups in total. The van der Waals surface area contributed by atoms with Gasteiger partial charge in [0.25, 0.3) is 0 Å². The number of carbonyl (C=O) groups is 2. The molecule has 2 amide bonds. The zero-order valence-electron chi connectivity index (χ0n) is 22.8. The number of hydrogen-bond donors (Lipinski definition) is 1. The number of piperidine rings is 1. The molecule has 0 radical (unpaired) electrons. The third-order valence-corrected chi connectivity index (χ3v) is 7.13. The standard InChI is InChI=1S/C31H33F2N3O4/c1-31(2,3)40-30(38)36(16-20-10-6-4-7-11-20)27-23-17-35(18-24(23)27)28-25(33)14-22(32)15-26(28)34-29(37)39-19-21-12-8-5-9-13-21/h4-15,23-24,27H,16-19H2,1-3H3,(H,34,37)/t23-,24?,27+/m0/s1. The SMILES string of the molecule is CC(C)(C)OC(=O)N(Cc1ccccc1)[C@H]1C2CN(c3c(F)cc(F)cc3NC(=O)OCc3ccccc3)C[C@@H]21. The number of carbonyl (C=O) groups excluding carboxylic acids is 2. The molecule has 40 heavy (non-hydrogen) atoms. The highest BCUT2D eigenvalue weighted by molar-refractivity contribution is 5.90. The van der Waals surface area contributed by atoms with E-state index in [0.717, 1.165) is 23.3 Å². The second-order valence-electron chi connectivity index (χ2n) is 11.3. The van der Waals surface area contributed by atoms with E-state index < -0.39 is 29.4 Å². The molecule has 1 aliphatic carbocycles. The highest BCUT2D eigenvalue weighted by Crippen LogP contribution is 2.52. The topological polar surface area (TPSA) is 71.1 Å². The molecule has 2 aliphatic rings. The van der Waals surface area contributed by atoms with E-state index in [2.05, 4.69) is 5.32 Å². The maximum absolute atomic E-state index is 15.1. The second kappa shape index (κ2) is 11.2. The lowest BCUT2D eigenvalue weighted by Gasteiger charge is -2.31. The van der Waals surface area contributed by atoms with Gasteiger partial charge in [0.2, 0.25) is 0 Å². The van der Waals surface area contributed by atoms with E-state index in [4.69, 9.17) is 9.47 Å². The lowest BCUT2D eigenvalue weighted by Crippen LogP contribution is -2.41. The first-order valence-corrected chi connectivity index (χ1v) is 13.3. The molecule has 7 nitrogen and oxygen atoms in total. The lowest BCUT2D eigenvalue weighted by atomic mass is 10.2. The van der Waals surface area contributed by atoms with Crippen LogP contribution in [0.2, 0.25) is 0 Å². The average molecular weight is 550 g/mol. The Morgan fingerprint density at radius 3 is 2.15 bits per heavy atom. The van der Waals surface area contributed by atoms with E-state index in [9.17, 15) is 14.0 Å². The second-order valence-corrected chi connectivity index (χ2v) is 11.3. The van der Waals surface area contributed by atoms with Crippen LogP contribution in [0.1, 0.15) is 31.9 Å². The van der Waals surface area contributed by atoms with E-state index in [1.807, 2.05) is 81.4 Å². The van der Waals surface area contributed by atoms with Crippen molar-refractivity contribution in [2.24, 2.45) is 11.8 Å². The third kappa shape index (κ3) is 6.35. The first kappa shape index (κ1) is 27.4. The minimum atomic E-state index is -0.809. The minimum Gasteiger partial charge on any atom is -0.444 e. The molecule has 0 bridgehead atoms. The summed E-state index contributed by atoms with van der Waals surface area (Å²) in [6.45, 7) is 6.81. The average Bonchev–Trinajstić information content (AvgIpc) is 3.37. The van der Waals surface area contributed by atoms with E-state index in [1.54, 1.807) is 9.80 Å². The molecule has 5 rings (SSSR count). The van der Waals surface area contributed by atoms with Crippen LogP contribution in [0.25, 0.3) is 0 Å². The summed E-state index contributed by atoms with van der Waals surface area (Å²) in [6.07, 6.45) is -1.20. The Morgan fingerprint density at radius 2 is 1.55 bits per heavy atom. The van der Waals surface area contributed by atoms with Gasteiger partial charge in [-0.3, -0.25) is 5.32 Å². The van der Waals surface area contributed by atoms with Crippen LogP contribution in [-0.2, 0) is 22.6 Å². The van der Waals surface area contributed by atoms with E-state index in [-0.39, 0.29) is 35.9 Å². The molecule has 1 unspecified atom stereocenters. The number of ether oxygens (including phenoxy) is 2. The first-order valence-electron chi connectivity index (χ1n) is 13.3. The van der Waals surface area contributed by atoms with Crippen LogP contribution < -0.4 is 10.2 Å². The molecule has 3 aromatic rings. The summed E-state index contributed by atoms with van der Waals surface area (Å²) < 4.78 is 40.2. The van der Waals surface area contributed by atoms with Gasteiger partial charge in [-0.15, -0.1) is 0 Å². The van der Waals surface area contributed by atoms with Crippen LogP contribution in [-0.4, -0.2) is 41.8 Å². The Morgan fingerprint density at radius 1 is 0.950 bits per heavy atom. The van der Waals surface area contributed by atoms with Gasteiger partial charge in [0.1, 0.15) is 18.0 Å². The number of fused-ring (bicyclic) bond motifs is 1. The van der Waals surface area contributed by atoms with Gasteiger partial charge in [-0.1, -0.05) is 60.7 Å². The van der Waals surface area contributed by atoms with Crippen molar-refractivity contribution in [3.63, 3.8) is 0 Å². The quantitative estimate of drug-likeness (QED) is 0.360. The van der Waals surface area contributed by atoms with Crippen LogP contribution in [0.15, 0.2) is 72.8 Å². The number of anilines is 2. The maximum atomic E-state index is 15.1. The van der Waals surface area contributed by atoms with E-state index in [0.29, 0.717) is 19.6 Å². The summed E-state index contributed by atoms with van der Waals surface area (Å²) in [5.41, 5.74) is 1.24. The van der Waals surface area contributed by atoms with Gasteiger partial charge in [-0.25, -0.2) is 18.4 Å². The van der Waals surface area contributed by atoms with Crippen molar-refractivity contribution < 1.29 is 27.8 Å². The number of halogens is 2. The predicted octanol–water partition coefficient (Wildman–Crippen LogP) is 6.59. The van der Waals surface area contributed by atoms with Crippen molar-refractivity contribution in [2.75, 3.05) is 23.3 Å². The van der Waals surface area contributed by atoms with Crippen LogP contribution in [0.4, 0.5) is 29.7 Å². The fraction of sp³-hybridized carbons (Fsp3) is 0.355. The van der Waals surface area contributed by atoms with Crippen molar-refractivity contribution >= 4 is 23.6 Å². The van der Waals surface area contributed by atoms with Gasteiger partial charge in [0.05, 0.1) is 11.4 Å². The van der Waals surface area contributed by atoms with Gasteiger partial charge in [-0.2, -0.15) is 0 Å². The molecule has 0 spiro atoms. The maximum Gasteiger partial charge on any atom is 0.412 e. The molecule has 3 atom stereocenters. The summed E-state index contributed by atoms with van der Waals surface area (Å²) in [7, 11) is 0. The predicted molar refractivity (Wildman–Crippen MR) is 148 cm³/mol. The Balaban J connectivity index is 1.29. The van der Waals surface area contributed by atoms with E-state index in [1.165, 1.54) is 0 Å². The number of rotatable bonds is 7. The number of nitrogens with one attached hydrogen (secondary N) is 1. The van der Waals surface area contributed by atoms with Crippen molar-refractivity contribution in [3.05, 3.63) is 95.6 Å². The van der Waals surface area contributed by atoms with Crippen LogP contribution in [0.3, 0.4) is 0 Å². The molecule has 1 saturated heterocycles. The fourth-order valence-electron chi connectivity index (χ4n) is 5.38. The van der Waals surface area contributed by atoms with Crippen molar-refractivity contribution in [1.82, 2.24) is 4.90 Å². The Labute approximate surface area is 232 Å². The van der Waals surface area contributed by atoms with Crippen molar-refractivity contribution in [3.8, 4) is 0 Å². The first-order chi connectivity index (χ1) is 19.1. The number of amides is 2. The monoisotopic (exact) mass is 549 g/mol. The van der Waals surface area contributed by atoms with Crippen molar-refractivity contribution in [2.45, 2.75) is 45.6 Å². The largest absolute Gasteiger partial charge is 0.444 e. The zero-order chi connectivity index (χ0) is 28.4. The molecule has 2 fully saturated rings. The van der Waals surface area contributed by atoms with Gasteiger partial charge in [0.15, 0.2) is 5.82 Å². The summed E-state index contributed by atoms with van der Waals surface area (Å²) in [5, 5.41) is 2.51. The highest BCUT2D eigenvalue weighted by Gasteiger charge is 2.60. The summed E-state index contributed by atoms with van der Waals surface area (Å²) in [6, 6.07) is 20.7. The van der Waals surface area contributed by atoms with E-state index >= 15 is 4.39 Å². The highest BCUT2D eigenvalue weighted by atomic mass is 19.1. The van der Waals surface area contributed by atoms with Gasteiger partial charge >= 0.3 is 12.2 Å². The smallest absolute Gasteiger partial charge is 0.412 e. The molecule has 3 aromatic carbocycles. The number of benzene rings is 3. The molecule has 0 aromatic heterocycles. The lowest BCUT2D eigenvalue weighted by molar-refractivity contribution is 0.0195. The normalized spacial score (nSPS) is 19.5. The molecule has 9 heteroatoms. The van der Waals surface area contributed by atoms with Gasteiger partial charge in [-0.05, 0) is 38.0 Å². The Kier molecular flexibility index (Phi) is 7.65. The zero-order valence-corrected chi connectivity index (χ0v) is 22.8. The molecule has 1 aliphatic heterocycles. The molecular formula is C31H33F2N3O4. The minimum absolute atomic E-state index is 0.00157. The van der Waals surface area contributed by atoms with Crippen molar-refractivity contribution in [1.29, 1.82) is 0 Å². The van der Waals surface area contributed by atoms with Crippen LogP contribution >= 0.6 is 0 Å². The van der Waals surface area contributed by atoms with Crippen LogP contribution in [0.5, 0.6) is 0 Å². The fourth-order valence-corrected chi connectivity index (χ4v) is 5.38. The molecular weight excluding hydrogens is 516 g/mol. The number of hydrogen-bond acceptors (Lipinski definition) is 5. The summed E-state index contributed by atoms with van der Waals surface area (Å²) in [5.74, 6) is -1.41. The molecule has 1 heterocycles. The Bertz CT molecular complexity index is 1350. The molecule has 210 valence electrons. The molecule has 1 saturated carbocycles. The third-order valence-electron chi connectivity index (χ3n) is 7.13. The Hall–Kier alpha value is -4.14. The van der Waals surface area contributed by atoms with Crippen LogP contribution in [0, 0.1) is 23.5 Å². The summed E-state index contributed by atoms with van der Waals surface area (Å²) in [4.78, 5) is 29.2. The van der Waals surface area contributed by atoms with Gasteiger partial charge < -0.3 is 19.3 Å². The summed E-state index contributed by atoms with van der Waals surface area (Å²) >= 11 is 0. The van der Waals surface area contributed by atoms with Gasteiger partial charge in [0, 0.05) is 43.6 Å². The number of nitrogens with zero attached hydrogens (tertiary/aromatic N) is 2.